The van der Waals surface area contributed by atoms with Crippen molar-refractivity contribution < 1.29 is 9.53 Å². The molecule has 1 aromatic heterocycles. The van der Waals surface area contributed by atoms with Gasteiger partial charge < -0.3 is 10.1 Å². The summed E-state index contributed by atoms with van der Waals surface area (Å²) in [5.41, 5.74) is 0.270. The van der Waals surface area contributed by atoms with Gasteiger partial charge in [0.15, 0.2) is 0 Å². The van der Waals surface area contributed by atoms with Crippen molar-refractivity contribution in [2.75, 3.05) is 13.2 Å². The Hall–Kier alpha value is -3.39. The first kappa shape index (κ1) is 15.5. The van der Waals surface area contributed by atoms with Crippen molar-refractivity contribution in [2.45, 2.75) is 0 Å². The summed E-state index contributed by atoms with van der Waals surface area (Å²) in [5, 5.41) is 4.83. The highest BCUT2D eigenvalue weighted by molar-refractivity contribution is 5.92. The van der Waals surface area contributed by atoms with Gasteiger partial charge in [0.05, 0.1) is 12.7 Å². The lowest BCUT2D eigenvalue weighted by atomic mass is 10.1. The van der Waals surface area contributed by atoms with Crippen molar-refractivity contribution in [1.29, 1.82) is 0 Å². The van der Waals surface area contributed by atoms with Gasteiger partial charge >= 0.3 is 0 Å². The molecular weight excluding hydrogens is 302 g/mol. The summed E-state index contributed by atoms with van der Waals surface area (Å²) in [6.07, 6.45) is 4.40. The van der Waals surface area contributed by atoms with Crippen molar-refractivity contribution in [1.82, 2.24) is 15.3 Å². The molecule has 0 radical (unpaired) electrons. The molecule has 5 heteroatoms. The van der Waals surface area contributed by atoms with Gasteiger partial charge in [-0.05, 0) is 11.5 Å². The lowest BCUT2D eigenvalue weighted by molar-refractivity contribution is 0.0953. The maximum absolute atomic E-state index is 11.7. The summed E-state index contributed by atoms with van der Waals surface area (Å²) in [5.74, 6) is 6.23. The van der Waals surface area contributed by atoms with Crippen LogP contribution in [-0.4, -0.2) is 29.0 Å². The van der Waals surface area contributed by atoms with Gasteiger partial charge in [-0.25, -0.2) is 4.98 Å². The van der Waals surface area contributed by atoms with E-state index >= 15 is 0 Å². The van der Waals surface area contributed by atoms with Crippen LogP contribution in [0.2, 0.25) is 0 Å². The minimum Gasteiger partial charge on any atom is -0.480 e. The molecule has 0 saturated carbocycles. The molecule has 0 aliphatic rings. The third-order valence-electron chi connectivity index (χ3n) is 3.31. The normalized spacial score (nSPS) is 9.83. The number of hydrogen-bond acceptors (Lipinski definition) is 4. The van der Waals surface area contributed by atoms with Crippen LogP contribution in [0.4, 0.5) is 0 Å². The quantitative estimate of drug-likeness (QED) is 0.751. The summed E-state index contributed by atoms with van der Waals surface area (Å²) >= 11 is 0. The van der Waals surface area contributed by atoms with Crippen LogP contribution in [0.5, 0.6) is 5.75 Å². The van der Waals surface area contributed by atoms with Crippen LogP contribution in [0.25, 0.3) is 10.8 Å². The smallest absolute Gasteiger partial charge is 0.272 e. The maximum atomic E-state index is 11.7. The van der Waals surface area contributed by atoms with Crippen LogP contribution in [0.3, 0.4) is 0 Å². The zero-order valence-corrected chi connectivity index (χ0v) is 12.9. The molecule has 3 aromatic rings. The van der Waals surface area contributed by atoms with Crippen LogP contribution in [0, 0.1) is 11.8 Å². The number of carbonyl (C=O) groups excluding carboxylic acids is 1. The molecule has 0 spiro atoms. The SMILES string of the molecule is O=C(NCC#CCOc1cccc2ccccc12)c1cnccn1. The number of amides is 1. The van der Waals surface area contributed by atoms with Crippen molar-refractivity contribution in [3.8, 4) is 17.6 Å². The fourth-order valence-corrected chi connectivity index (χ4v) is 2.18. The van der Waals surface area contributed by atoms with Crippen LogP contribution in [-0.2, 0) is 0 Å². The molecule has 2 aromatic carbocycles. The van der Waals surface area contributed by atoms with Gasteiger partial charge in [-0.3, -0.25) is 9.78 Å². The fourth-order valence-electron chi connectivity index (χ4n) is 2.18. The number of hydrogen-bond donors (Lipinski definition) is 1. The van der Waals surface area contributed by atoms with E-state index in [0.717, 1.165) is 16.5 Å². The molecule has 0 bridgehead atoms. The topological polar surface area (TPSA) is 64.1 Å². The minimum atomic E-state index is -0.299. The molecule has 5 nitrogen and oxygen atoms in total. The van der Waals surface area contributed by atoms with Crippen molar-refractivity contribution in [3.05, 3.63) is 66.7 Å². The molecule has 0 saturated heterocycles. The van der Waals surface area contributed by atoms with Gasteiger partial charge in [-0.15, -0.1) is 0 Å². The number of rotatable bonds is 4. The second-order valence-electron chi connectivity index (χ2n) is 4.89. The third kappa shape index (κ3) is 3.87. The Morgan fingerprint density at radius 1 is 1.08 bits per heavy atom. The van der Waals surface area contributed by atoms with Gasteiger partial charge in [0.25, 0.3) is 5.91 Å². The molecule has 24 heavy (non-hydrogen) atoms. The van der Waals surface area contributed by atoms with Gasteiger partial charge in [0.1, 0.15) is 18.1 Å². The zero-order chi connectivity index (χ0) is 16.6. The third-order valence-corrected chi connectivity index (χ3v) is 3.31. The Kier molecular flexibility index (Phi) is 5.00. The van der Waals surface area contributed by atoms with E-state index < -0.39 is 0 Å². The minimum absolute atomic E-state index is 0.230. The predicted octanol–water partition coefficient (Wildman–Crippen LogP) is 2.44. The first-order chi connectivity index (χ1) is 11.8. The molecule has 1 N–H and O–H groups in total. The Balaban J connectivity index is 1.50. The molecule has 3 rings (SSSR count). The maximum Gasteiger partial charge on any atom is 0.272 e. The van der Waals surface area contributed by atoms with Crippen molar-refractivity contribution >= 4 is 16.7 Å². The number of ether oxygens (including phenoxy) is 1. The second kappa shape index (κ2) is 7.75. The van der Waals surface area contributed by atoms with Crippen molar-refractivity contribution in [3.63, 3.8) is 0 Å². The van der Waals surface area contributed by atoms with E-state index in [1.807, 2.05) is 42.5 Å². The molecule has 0 atom stereocenters. The molecule has 1 amide bonds. The van der Waals surface area contributed by atoms with E-state index in [-0.39, 0.29) is 24.8 Å². The summed E-state index contributed by atoms with van der Waals surface area (Å²) in [7, 11) is 0. The van der Waals surface area contributed by atoms with Gasteiger partial charge in [0, 0.05) is 17.8 Å². The van der Waals surface area contributed by atoms with E-state index in [9.17, 15) is 4.79 Å². The van der Waals surface area contributed by atoms with Crippen LogP contribution in [0.1, 0.15) is 10.5 Å². The van der Waals surface area contributed by atoms with Crippen LogP contribution >= 0.6 is 0 Å². The molecule has 1 heterocycles. The van der Waals surface area contributed by atoms with E-state index in [1.165, 1.54) is 18.6 Å². The van der Waals surface area contributed by atoms with E-state index in [4.69, 9.17) is 4.74 Å². The number of nitrogens with one attached hydrogen (secondary N) is 1. The molecule has 118 valence electrons. The Bertz CT molecular complexity index is 893. The Morgan fingerprint density at radius 2 is 1.96 bits per heavy atom. The molecule has 0 fully saturated rings. The van der Waals surface area contributed by atoms with Gasteiger partial charge in [-0.1, -0.05) is 48.2 Å². The Labute approximate surface area is 139 Å². The number of nitrogens with zero attached hydrogens (tertiary/aromatic N) is 2. The lowest BCUT2D eigenvalue weighted by Gasteiger charge is -2.06. The van der Waals surface area contributed by atoms with E-state index in [2.05, 4.69) is 27.1 Å². The highest BCUT2D eigenvalue weighted by atomic mass is 16.5. The Morgan fingerprint density at radius 3 is 2.83 bits per heavy atom. The van der Waals surface area contributed by atoms with Gasteiger partial charge in [-0.2, -0.15) is 0 Å². The summed E-state index contributed by atoms with van der Waals surface area (Å²) < 4.78 is 5.70. The highest BCUT2D eigenvalue weighted by Crippen LogP contribution is 2.24. The average Bonchev–Trinajstić information content (AvgIpc) is 2.65. The zero-order valence-electron chi connectivity index (χ0n) is 12.9. The fraction of sp³-hybridized carbons (Fsp3) is 0.105. The highest BCUT2D eigenvalue weighted by Gasteiger charge is 2.04. The standard InChI is InChI=1S/C19H15N3O2/c23-19(17-14-20-11-12-21-17)22-10-3-4-13-24-18-9-5-7-15-6-1-2-8-16(15)18/h1-2,5-9,11-12,14H,10,13H2,(H,22,23). The predicted molar refractivity (Wildman–Crippen MR) is 91.6 cm³/mol. The number of aromatic nitrogens is 2. The number of carbonyl (C=O) groups is 1. The van der Waals surface area contributed by atoms with E-state index in [1.54, 1.807) is 0 Å². The average molecular weight is 317 g/mol. The van der Waals surface area contributed by atoms with Crippen LogP contribution in [0.15, 0.2) is 61.1 Å². The number of fused-ring (bicyclic) bond motifs is 1. The first-order valence-electron chi connectivity index (χ1n) is 7.45. The lowest BCUT2D eigenvalue weighted by Crippen LogP contribution is -2.24. The van der Waals surface area contributed by atoms with E-state index in [0.29, 0.717) is 0 Å². The van der Waals surface area contributed by atoms with Crippen LogP contribution < -0.4 is 10.1 Å². The molecule has 0 aliphatic carbocycles. The summed E-state index contributed by atoms with van der Waals surface area (Å²) in [6.45, 7) is 0.489. The summed E-state index contributed by atoms with van der Waals surface area (Å²) in [4.78, 5) is 19.5. The largest absolute Gasteiger partial charge is 0.480 e. The molecule has 0 unspecified atom stereocenters. The number of benzene rings is 2. The van der Waals surface area contributed by atoms with Crippen molar-refractivity contribution in [2.24, 2.45) is 0 Å². The van der Waals surface area contributed by atoms with Gasteiger partial charge in [0.2, 0.25) is 0 Å². The first-order valence-corrected chi connectivity index (χ1v) is 7.45. The summed E-state index contributed by atoms with van der Waals surface area (Å²) in [6, 6.07) is 13.9. The molecule has 0 aliphatic heterocycles. The monoisotopic (exact) mass is 317 g/mol. The second-order valence-corrected chi connectivity index (χ2v) is 4.89. The molecular formula is C19H15N3O2.